The van der Waals surface area contributed by atoms with Crippen LogP contribution in [0.1, 0.15) is 31.2 Å². The smallest absolute Gasteiger partial charge is 0.278 e. The third-order valence-electron chi connectivity index (χ3n) is 6.06. The number of piperidine rings is 1. The van der Waals surface area contributed by atoms with Gasteiger partial charge in [0.05, 0.1) is 0 Å². The van der Waals surface area contributed by atoms with Gasteiger partial charge in [-0.05, 0) is 41.7 Å². The van der Waals surface area contributed by atoms with Gasteiger partial charge in [0.15, 0.2) is 0 Å². The van der Waals surface area contributed by atoms with Gasteiger partial charge in [0, 0.05) is 25.1 Å². The van der Waals surface area contributed by atoms with Gasteiger partial charge in [-0.25, -0.2) is 0 Å². The molecule has 0 saturated carbocycles. The van der Waals surface area contributed by atoms with Crippen LogP contribution in [0.3, 0.4) is 0 Å². The summed E-state index contributed by atoms with van der Waals surface area (Å²) in [5, 5.41) is 4.51. The molecular weight excluding hydrogens is 382 g/mol. The van der Waals surface area contributed by atoms with Crippen LogP contribution in [-0.2, 0) is 25.7 Å². The first-order valence-electron chi connectivity index (χ1n) is 10.2. The molecule has 3 aliphatic heterocycles. The predicted molar refractivity (Wildman–Crippen MR) is 109 cm³/mol. The fourth-order valence-electron chi connectivity index (χ4n) is 4.62. The van der Waals surface area contributed by atoms with Crippen molar-refractivity contribution in [1.82, 2.24) is 15.1 Å². The molecule has 4 amide bonds. The van der Waals surface area contributed by atoms with Crippen LogP contribution in [0.5, 0.6) is 0 Å². The SMILES string of the molecule is O=C1CCC(N2C(=O)C3=C(C2=O)N(Cc2ccc4ccccc4c2)CCC3)C(=O)N1. The highest BCUT2D eigenvalue weighted by Crippen LogP contribution is 2.35. The summed E-state index contributed by atoms with van der Waals surface area (Å²) in [7, 11) is 0. The van der Waals surface area contributed by atoms with E-state index in [9.17, 15) is 19.2 Å². The zero-order chi connectivity index (χ0) is 20.8. The Labute approximate surface area is 173 Å². The number of fused-ring (bicyclic) bond motifs is 1. The summed E-state index contributed by atoms with van der Waals surface area (Å²) in [6.07, 6.45) is 1.60. The van der Waals surface area contributed by atoms with E-state index < -0.39 is 23.8 Å². The Hall–Kier alpha value is -3.48. The first kappa shape index (κ1) is 18.5. The van der Waals surface area contributed by atoms with Crippen LogP contribution in [0.15, 0.2) is 53.7 Å². The predicted octanol–water partition coefficient (Wildman–Crippen LogP) is 1.86. The highest BCUT2D eigenvalue weighted by atomic mass is 16.2. The number of carbonyl (C=O) groups excluding carboxylic acids is 4. The molecule has 0 radical (unpaired) electrons. The fraction of sp³-hybridized carbons (Fsp3) is 0.304. The van der Waals surface area contributed by atoms with Crippen LogP contribution >= 0.6 is 0 Å². The second-order valence-electron chi connectivity index (χ2n) is 7.98. The Morgan fingerprint density at radius 2 is 1.73 bits per heavy atom. The first-order valence-corrected chi connectivity index (χ1v) is 10.2. The number of nitrogens with one attached hydrogen (secondary N) is 1. The monoisotopic (exact) mass is 403 g/mol. The number of hydrogen-bond donors (Lipinski definition) is 1. The van der Waals surface area contributed by atoms with E-state index >= 15 is 0 Å². The Morgan fingerprint density at radius 3 is 2.53 bits per heavy atom. The molecule has 0 bridgehead atoms. The molecule has 1 atom stereocenters. The van der Waals surface area contributed by atoms with Crippen molar-refractivity contribution in [2.24, 2.45) is 0 Å². The molecule has 3 heterocycles. The molecule has 1 fully saturated rings. The molecule has 0 aromatic heterocycles. The van der Waals surface area contributed by atoms with Crippen molar-refractivity contribution in [1.29, 1.82) is 0 Å². The average molecular weight is 403 g/mol. The van der Waals surface area contributed by atoms with E-state index in [1.807, 2.05) is 23.1 Å². The molecule has 7 heteroatoms. The molecule has 1 N–H and O–H groups in total. The standard InChI is InChI=1S/C23H21N3O4/c27-19-10-9-18(21(28)24-19)26-22(29)17-6-3-11-25(20(17)23(26)30)13-14-7-8-15-4-1-2-5-16(15)12-14/h1-2,4-5,7-8,12,18H,3,6,9-11,13H2,(H,24,27,28). The Kier molecular flexibility index (Phi) is 4.38. The van der Waals surface area contributed by atoms with E-state index in [2.05, 4.69) is 29.6 Å². The maximum absolute atomic E-state index is 13.2. The fourth-order valence-corrected chi connectivity index (χ4v) is 4.62. The summed E-state index contributed by atoms with van der Waals surface area (Å²) < 4.78 is 0. The molecule has 30 heavy (non-hydrogen) atoms. The van der Waals surface area contributed by atoms with Gasteiger partial charge < -0.3 is 4.90 Å². The Balaban J connectivity index is 1.42. The van der Waals surface area contributed by atoms with Gasteiger partial charge in [-0.3, -0.25) is 29.4 Å². The lowest BCUT2D eigenvalue weighted by molar-refractivity contribution is -0.150. The Bertz CT molecular complexity index is 1140. The molecule has 5 rings (SSSR count). The maximum Gasteiger partial charge on any atom is 0.278 e. The second kappa shape index (κ2) is 7.09. The van der Waals surface area contributed by atoms with E-state index in [0.717, 1.165) is 27.7 Å². The van der Waals surface area contributed by atoms with Gasteiger partial charge in [0.2, 0.25) is 11.8 Å². The molecule has 0 spiro atoms. The van der Waals surface area contributed by atoms with Crippen molar-refractivity contribution >= 4 is 34.4 Å². The Morgan fingerprint density at radius 1 is 0.933 bits per heavy atom. The van der Waals surface area contributed by atoms with Crippen molar-refractivity contribution in [3.8, 4) is 0 Å². The molecule has 2 aromatic carbocycles. The molecule has 1 saturated heterocycles. The number of benzene rings is 2. The quantitative estimate of drug-likeness (QED) is 0.791. The molecule has 152 valence electrons. The number of rotatable bonds is 3. The minimum Gasteiger partial charge on any atom is -0.362 e. The van der Waals surface area contributed by atoms with E-state index in [1.165, 1.54) is 0 Å². The normalized spacial score (nSPS) is 22.1. The summed E-state index contributed by atoms with van der Waals surface area (Å²) in [6.45, 7) is 1.19. The number of nitrogens with zero attached hydrogens (tertiary/aromatic N) is 2. The minimum atomic E-state index is -0.921. The van der Waals surface area contributed by atoms with E-state index in [4.69, 9.17) is 0 Å². The zero-order valence-electron chi connectivity index (χ0n) is 16.4. The van der Waals surface area contributed by atoms with Crippen molar-refractivity contribution in [2.45, 2.75) is 38.3 Å². The van der Waals surface area contributed by atoms with Gasteiger partial charge in [0.1, 0.15) is 11.7 Å². The molecule has 3 aliphatic rings. The second-order valence-corrected chi connectivity index (χ2v) is 7.98. The lowest BCUT2D eigenvalue weighted by atomic mass is 10.0. The van der Waals surface area contributed by atoms with Gasteiger partial charge in [-0.1, -0.05) is 36.4 Å². The topological polar surface area (TPSA) is 86.8 Å². The summed E-state index contributed by atoms with van der Waals surface area (Å²) in [5.41, 5.74) is 1.95. The highest BCUT2D eigenvalue weighted by Gasteiger charge is 2.48. The molecule has 7 nitrogen and oxygen atoms in total. The lowest BCUT2D eigenvalue weighted by Crippen LogP contribution is -2.55. The maximum atomic E-state index is 13.2. The van der Waals surface area contributed by atoms with E-state index in [0.29, 0.717) is 30.8 Å². The third kappa shape index (κ3) is 2.98. The summed E-state index contributed by atoms with van der Waals surface area (Å²) in [5.74, 6) is -1.77. The molecule has 0 aliphatic carbocycles. The molecule has 1 unspecified atom stereocenters. The average Bonchev–Trinajstić information content (AvgIpc) is 2.99. The van der Waals surface area contributed by atoms with Crippen molar-refractivity contribution in [3.05, 3.63) is 59.3 Å². The van der Waals surface area contributed by atoms with Crippen LogP contribution in [0.2, 0.25) is 0 Å². The van der Waals surface area contributed by atoms with Gasteiger partial charge >= 0.3 is 0 Å². The molecule has 2 aromatic rings. The number of imide groups is 2. The van der Waals surface area contributed by atoms with Crippen molar-refractivity contribution in [2.75, 3.05) is 6.54 Å². The highest BCUT2D eigenvalue weighted by molar-refractivity contribution is 6.21. The van der Waals surface area contributed by atoms with Gasteiger partial charge in [-0.2, -0.15) is 0 Å². The zero-order valence-corrected chi connectivity index (χ0v) is 16.4. The molecular formula is C23H21N3O4. The number of amides is 4. The number of carbonyl (C=O) groups is 4. The van der Waals surface area contributed by atoms with Crippen LogP contribution in [-0.4, -0.2) is 46.0 Å². The summed E-state index contributed by atoms with van der Waals surface area (Å²) >= 11 is 0. The number of hydrogen-bond acceptors (Lipinski definition) is 5. The van der Waals surface area contributed by atoms with Gasteiger partial charge in [-0.15, -0.1) is 0 Å². The van der Waals surface area contributed by atoms with Crippen LogP contribution in [0.4, 0.5) is 0 Å². The van der Waals surface area contributed by atoms with Crippen LogP contribution < -0.4 is 5.32 Å². The third-order valence-corrected chi connectivity index (χ3v) is 6.06. The van der Waals surface area contributed by atoms with E-state index in [-0.39, 0.29) is 18.7 Å². The van der Waals surface area contributed by atoms with E-state index in [1.54, 1.807) is 0 Å². The first-order chi connectivity index (χ1) is 14.5. The minimum absolute atomic E-state index is 0.124. The van der Waals surface area contributed by atoms with Crippen LogP contribution in [0.25, 0.3) is 10.8 Å². The summed E-state index contributed by atoms with van der Waals surface area (Å²) in [6, 6.07) is 13.4. The van der Waals surface area contributed by atoms with Crippen LogP contribution in [0, 0.1) is 0 Å². The summed E-state index contributed by atoms with van der Waals surface area (Å²) in [4.78, 5) is 53.0. The van der Waals surface area contributed by atoms with Crippen molar-refractivity contribution in [3.63, 3.8) is 0 Å². The van der Waals surface area contributed by atoms with Gasteiger partial charge in [0.25, 0.3) is 11.8 Å². The lowest BCUT2D eigenvalue weighted by Gasteiger charge is -2.30. The van der Waals surface area contributed by atoms with Crippen molar-refractivity contribution < 1.29 is 19.2 Å². The largest absolute Gasteiger partial charge is 0.362 e.